The van der Waals surface area contributed by atoms with E-state index in [1.807, 2.05) is 0 Å². The quantitative estimate of drug-likeness (QED) is 0.870. The fourth-order valence-electron chi connectivity index (χ4n) is 2.41. The van der Waals surface area contributed by atoms with Gasteiger partial charge in [-0.05, 0) is 24.3 Å². The van der Waals surface area contributed by atoms with Gasteiger partial charge in [0.2, 0.25) is 10.0 Å². The van der Waals surface area contributed by atoms with E-state index in [2.05, 4.69) is 11.6 Å². The molecule has 102 valence electrons. The normalized spacial score (nSPS) is 24.6. The van der Waals surface area contributed by atoms with Crippen molar-refractivity contribution in [3.8, 4) is 0 Å². The summed E-state index contributed by atoms with van der Waals surface area (Å²) in [5, 5.41) is 10.5. The minimum Gasteiger partial charge on any atom is -0.391 e. The number of rotatable bonds is 5. The highest BCUT2D eigenvalue weighted by atomic mass is 32.2. The summed E-state index contributed by atoms with van der Waals surface area (Å²) in [6.45, 7) is 2.59. The standard InChI is InChI=1S/C12H19NO3S2/c1-9-3-2-4-10(9)6-13-18(15,16)12-5-11(7-14)17-8-12/h5,8-10,13-14H,2-4,6-7H2,1H3. The van der Waals surface area contributed by atoms with Crippen molar-refractivity contribution in [1.82, 2.24) is 4.72 Å². The van der Waals surface area contributed by atoms with Gasteiger partial charge >= 0.3 is 0 Å². The molecule has 1 aromatic rings. The van der Waals surface area contributed by atoms with Crippen LogP contribution in [0.1, 0.15) is 31.1 Å². The zero-order chi connectivity index (χ0) is 13.2. The molecule has 0 radical (unpaired) electrons. The van der Waals surface area contributed by atoms with Crippen molar-refractivity contribution in [3.05, 3.63) is 16.3 Å². The van der Waals surface area contributed by atoms with E-state index in [4.69, 9.17) is 5.11 Å². The van der Waals surface area contributed by atoms with Gasteiger partial charge in [0.1, 0.15) is 0 Å². The summed E-state index contributed by atoms with van der Waals surface area (Å²) in [6, 6.07) is 1.53. The number of nitrogens with one attached hydrogen (secondary N) is 1. The molecular weight excluding hydrogens is 270 g/mol. The van der Waals surface area contributed by atoms with E-state index in [0.717, 1.165) is 6.42 Å². The van der Waals surface area contributed by atoms with Crippen molar-refractivity contribution < 1.29 is 13.5 Å². The van der Waals surface area contributed by atoms with Crippen molar-refractivity contribution in [1.29, 1.82) is 0 Å². The summed E-state index contributed by atoms with van der Waals surface area (Å²) in [5.41, 5.74) is 0. The van der Waals surface area contributed by atoms with Crippen LogP contribution in [0, 0.1) is 11.8 Å². The summed E-state index contributed by atoms with van der Waals surface area (Å²) in [7, 11) is -3.41. The Morgan fingerprint density at radius 2 is 2.28 bits per heavy atom. The fourth-order valence-corrected chi connectivity index (χ4v) is 4.64. The maximum absolute atomic E-state index is 12.0. The Balaban J connectivity index is 1.98. The Morgan fingerprint density at radius 3 is 2.83 bits per heavy atom. The molecule has 2 unspecified atom stereocenters. The second kappa shape index (κ2) is 5.69. The lowest BCUT2D eigenvalue weighted by Crippen LogP contribution is -2.30. The molecule has 2 N–H and O–H groups in total. The van der Waals surface area contributed by atoms with Crippen molar-refractivity contribution in [2.45, 2.75) is 37.7 Å². The lowest BCUT2D eigenvalue weighted by atomic mass is 9.99. The predicted octanol–water partition coefficient (Wildman–Crippen LogP) is 1.95. The summed E-state index contributed by atoms with van der Waals surface area (Å²) < 4.78 is 26.8. The highest BCUT2D eigenvalue weighted by molar-refractivity contribution is 7.89. The Morgan fingerprint density at radius 1 is 1.50 bits per heavy atom. The van der Waals surface area contributed by atoms with Crippen LogP contribution in [0.15, 0.2) is 16.3 Å². The first-order valence-electron chi connectivity index (χ1n) is 6.21. The highest BCUT2D eigenvalue weighted by Gasteiger charge is 2.25. The first-order chi connectivity index (χ1) is 8.53. The Labute approximate surface area is 112 Å². The van der Waals surface area contributed by atoms with Gasteiger partial charge in [-0.1, -0.05) is 19.8 Å². The van der Waals surface area contributed by atoms with Crippen LogP contribution in [0.3, 0.4) is 0 Å². The number of hydrogen-bond donors (Lipinski definition) is 2. The molecular formula is C12H19NO3S2. The van der Waals surface area contributed by atoms with E-state index < -0.39 is 10.0 Å². The highest BCUT2D eigenvalue weighted by Crippen LogP contribution is 2.30. The molecule has 1 heterocycles. The zero-order valence-electron chi connectivity index (χ0n) is 10.4. The summed E-state index contributed by atoms with van der Waals surface area (Å²) >= 11 is 1.27. The maximum atomic E-state index is 12.0. The first-order valence-corrected chi connectivity index (χ1v) is 8.57. The van der Waals surface area contributed by atoms with E-state index in [1.165, 1.54) is 30.2 Å². The van der Waals surface area contributed by atoms with Crippen LogP contribution in [-0.2, 0) is 16.6 Å². The molecule has 1 aromatic heterocycles. The summed E-state index contributed by atoms with van der Waals surface area (Å²) in [6.07, 6.45) is 3.50. The molecule has 6 heteroatoms. The lowest BCUT2D eigenvalue weighted by Gasteiger charge is -2.15. The summed E-state index contributed by atoms with van der Waals surface area (Å²) in [4.78, 5) is 0.937. The molecule has 0 aromatic carbocycles. The van der Waals surface area contributed by atoms with Gasteiger partial charge in [0.05, 0.1) is 11.5 Å². The summed E-state index contributed by atoms with van der Waals surface area (Å²) in [5.74, 6) is 1.05. The van der Waals surface area contributed by atoms with Gasteiger partial charge in [-0.3, -0.25) is 0 Å². The van der Waals surface area contributed by atoms with Crippen molar-refractivity contribution in [2.24, 2.45) is 11.8 Å². The van der Waals surface area contributed by atoms with Gasteiger partial charge in [0, 0.05) is 16.8 Å². The van der Waals surface area contributed by atoms with E-state index in [9.17, 15) is 8.42 Å². The van der Waals surface area contributed by atoms with Crippen LogP contribution in [-0.4, -0.2) is 20.1 Å². The minimum absolute atomic E-state index is 0.111. The second-order valence-electron chi connectivity index (χ2n) is 4.93. The molecule has 4 nitrogen and oxygen atoms in total. The van der Waals surface area contributed by atoms with Crippen molar-refractivity contribution in [2.75, 3.05) is 6.54 Å². The molecule has 0 amide bonds. The number of thiophene rings is 1. The average molecular weight is 289 g/mol. The molecule has 2 rings (SSSR count). The second-order valence-corrected chi connectivity index (χ2v) is 7.69. The van der Waals surface area contributed by atoms with E-state index in [1.54, 1.807) is 5.38 Å². The molecule has 1 aliphatic carbocycles. The topological polar surface area (TPSA) is 66.4 Å². The molecule has 1 fully saturated rings. The third-order valence-corrected chi connectivity index (χ3v) is 6.14. The van der Waals surface area contributed by atoms with Crippen LogP contribution in [0.25, 0.3) is 0 Å². The molecule has 0 bridgehead atoms. The van der Waals surface area contributed by atoms with Crippen molar-refractivity contribution in [3.63, 3.8) is 0 Å². The van der Waals surface area contributed by atoms with Gasteiger partial charge in [-0.25, -0.2) is 13.1 Å². The molecule has 0 aliphatic heterocycles. The molecule has 0 spiro atoms. The third-order valence-electron chi connectivity index (χ3n) is 3.67. The lowest BCUT2D eigenvalue weighted by molar-refractivity contribution is 0.285. The van der Waals surface area contributed by atoms with E-state index >= 15 is 0 Å². The predicted molar refractivity (Wildman–Crippen MR) is 71.9 cm³/mol. The minimum atomic E-state index is -3.41. The average Bonchev–Trinajstić information content (AvgIpc) is 2.95. The van der Waals surface area contributed by atoms with E-state index in [0.29, 0.717) is 23.3 Å². The largest absolute Gasteiger partial charge is 0.391 e. The maximum Gasteiger partial charge on any atom is 0.241 e. The Hall–Kier alpha value is -0.430. The molecule has 18 heavy (non-hydrogen) atoms. The van der Waals surface area contributed by atoms with Crippen LogP contribution in [0.2, 0.25) is 0 Å². The number of aliphatic hydroxyl groups is 1. The third kappa shape index (κ3) is 3.12. The fraction of sp³-hybridized carbons (Fsp3) is 0.667. The molecule has 2 atom stereocenters. The molecule has 1 saturated carbocycles. The van der Waals surface area contributed by atoms with Gasteiger partial charge in [-0.15, -0.1) is 11.3 Å². The monoisotopic (exact) mass is 289 g/mol. The Kier molecular flexibility index (Phi) is 4.42. The molecule has 0 saturated heterocycles. The number of aliphatic hydroxyl groups excluding tert-OH is 1. The van der Waals surface area contributed by atoms with Gasteiger partial charge < -0.3 is 5.11 Å². The zero-order valence-corrected chi connectivity index (χ0v) is 12.1. The van der Waals surface area contributed by atoms with Crippen molar-refractivity contribution >= 4 is 21.4 Å². The van der Waals surface area contributed by atoms with Gasteiger partial charge in [0.25, 0.3) is 0 Å². The van der Waals surface area contributed by atoms with Gasteiger partial charge in [-0.2, -0.15) is 0 Å². The van der Waals surface area contributed by atoms with Crippen LogP contribution in [0.4, 0.5) is 0 Å². The van der Waals surface area contributed by atoms with Crippen LogP contribution < -0.4 is 4.72 Å². The van der Waals surface area contributed by atoms with Gasteiger partial charge in [0.15, 0.2) is 0 Å². The Bertz CT molecular complexity index is 495. The smallest absolute Gasteiger partial charge is 0.241 e. The number of sulfonamides is 1. The van der Waals surface area contributed by atoms with E-state index in [-0.39, 0.29) is 11.5 Å². The van der Waals surface area contributed by atoms with Crippen LogP contribution >= 0.6 is 11.3 Å². The first kappa shape index (κ1) is 14.0. The SMILES string of the molecule is CC1CCCC1CNS(=O)(=O)c1csc(CO)c1. The number of hydrogen-bond acceptors (Lipinski definition) is 4. The molecule has 1 aliphatic rings. The van der Waals surface area contributed by atoms with Crippen LogP contribution in [0.5, 0.6) is 0 Å².